The molecule has 2 amide bonds. The zero-order chi connectivity index (χ0) is 23.2. The molecule has 1 atom stereocenters. The minimum atomic E-state index is -0.340. The summed E-state index contributed by atoms with van der Waals surface area (Å²) >= 11 is 1.51. The number of carbonyl (C=O) groups excluding carboxylic acids is 2. The van der Waals surface area contributed by atoms with Gasteiger partial charge in [0.05, 0.1) is 5.75 Å². The van der Waals surface area contributed by atoms with Gasteiger partial charge in [-0.3, -0.25) is 14.5 Å². The predicted molar refractivity (Wildman–Crippen MR) is 133 cm³/mol. The fourth-order valence-electron chi connectivity index (χ4n) is 3.93. The Hall–Kier alpha value is -3.12. The highest BCUT2D eigenvalue weighted by molar-refractivity contribution is 8.00. The Kier molecular flexibility index (Phi) is 7.45. The Balaban J connectivity index is 1.47. The molecule has 0 bridgehead atoms. The number of benzene rings is 3. The van der Waals surface area contributed by atoms with Gasteiger partial charge in [-0.1, -0.05) is 44.0 Å². The second kappa shape index (κ2) is 10.7. The molecule has 170 valence electrons. The van der Waals surface area contributed by atoms with Gasteiger partial charge in [0.25, 0.3) is 5.91 Å². The third-order valence-corrected chi connectivity index (χ3v) is 6.90. The summed E-state index contributed by atoms with van der Waals surface area (Å²) in [5.74, 6) is -0.181. The first kappa shape index (κ1) is 23.1. The molecule has 1 aliphatic rings. The maximum atomic E-state index is 13.3. The van der Waals surface area contributed by atoms with Crippen LogP contribution in [0.1, 0.15) is 53.0 Å². The Labute approximate surface area is 198 Å². The molecule has 3 aromatic rings. The minimum absolute atomic E-state index is 0.0231. The van der Waals surface area contributed by atoms with Crippen LogP contribution in [0.2, 0.25) is 0 Å². The summed E-state index contributed by atoms with van der Waals surface area (Å²) in [4.78, 5) is 27.0. The second-order valence-electron chi connectivity index (χ2n) is 8.14. The van der Waals surface area contributed by atoms with Crippen LogP contribution >= 0.6 is 11.8 Å². The van der Waals surface area contributed by atoms with Crippen LogP contribution < -0.4 is 10.2 Å². The molecule has 0 saturated carbocycles. The summed E-state index contributed by atoms with van der Waals surface area (Å²) in [6.45, 7) is 2.19. The standard InChI is InChI=1S/C27H27FN2O2S/c1-2-3-4-6-19-9-11-20(12-10-19)26(32)29-23-8-5-7-21(17-23)27-30(25(31)18-33-27)24-15-13-22(28)14-16-24/h5,7-17,27H,2-4,6,18H2,1H3,(H,29,32)/t27-/m1/s1. The number of aryl methyl sites for hydroxylation is 1. The second-order valence-corrected chi connectivity index (χ2v) is 9.21. The summed E-state index contributed by atoms with van der Waals surface area (Å²) in [6, 6.07) is 21.2. The summed E-state index contributed by atoms with van der Waals surface area (Å²) in [5.41, 5.74) is 4.08. The van der Waals surface area contributed by atoms with Gasteiger partial charge in [-0.05, 0) is 72.5 Å². The fraction of sp³-hybridized carbons (Fsp3) is 0.259. The van der Waals surface area contributed by atoms with Crippen molar-refractivity contribution in [2.45, 2.75) is 38.0 Å². The minimum Gasteiger partial charge on any atom is -0.322 e. The van der Waals surface area contributed by atoms with E-state index >= 15 is 0 Å². The molecule has 0 spiro atoms. The Morgan fingerprint density at radius 3 is 2.55 bits per heavy atom. The first-order valence-corrected chi connectivity index (χ1v) is 12.3. The number of rotatable bonds is 8. The number of thioether (sulfide) groups is 1. The number of carbonyl (C=O) groups is 2. The first-order chi connectivity index (χ1) is 16.0. The zero-order valence-corrected chi connectivity index (χ0v) is 19.4. The van der Waals surface area contributed by atoms with Crippen molar-refractivity contribution in [3.8, 4) is 0 Å². The van der Waals surface area contributed by atoms with Crippen LogP contribution in [0.4, 0.5) is 15.8 Å². The Bertz CT molecular complexity index is 1120. The van der Waals surface area contributed by atoms with E-state index in [-0.39, 0.29) is 23.0 Å². The van der Waals surface area contributed by atoms with E-state index in [1.165, 1.54) is 42.3 Å². The summed E-state index contributed by atoms with van der Waals surface area (Å²) in [6.07, 6.45) is 4.59. The van der Waals surface area contributed by atoms with Crippen molar-refractivity contribution in [2.75, 3.05) is 16.0 Å². The maximum Gasteiger partial charge on any atom is 0.255 e. The van der Waals surface area contributed by atoms with Crippen molar-refractivity contribution in [1.82, 2.24) is 0 Å². The van der Waals surface area contributed by atoms with Crippen molar-refractivity contribution in [3.63, 3.8) is 0 Å². The van der Waals surface area contributed by atoms with Gasteiger partial charge in [-0.2, -0.15) is 0 Å². The SMILES string of the molecule is CCCCCc1ccc(C(=O)Nc2cccc([C@H]3SCC(=O)N3c3ccc(F)cc3)c2)cc1. The molecule has 4 nitrogen and oxygen atoms in total. The van der Waals surface area contributed by atoms with Crippen LogP contribution in [0.5, 0.6) is 0 Å². The summed E-state index contributed by atoms with van der Waals surface area (Å²) in [7, 11) is 0. The van der Waals surface area contributed by atoms with Crippen LogP contribution in [0.25, 0.3) is 0 Å². The number of halogens is 1. The van der Waals surface area contributed by atoms with E-state index in [1.807, 2.05) is 48.5 Å². The fourth-order valence-corrected chi connectivity index (χ4v) is 5.09. The smallest absolute Gasteiger partial charge is 0.255 e. The molecule has 0 aliphatic carbocycles. The highest BCUT2D eigenvalue weighted by Gasteiger charge is 2.34. The number of nitrogens with one attached hydrogen (secondary N) is 1. The lowest BCUT2D eigenvalue weighted by Crippen LogP contribution is -2.27. The van der Waals surface area contributed by atoms with Crippen LogP contribution in [0, 0.1) is 5.82 Å². The lowest BCUT2D eigenvalue weighted by molar-refractivity contribution is -0.115. The van der Waals surface area contributed by atoms with Crippen molar-refractivity contribution < 1.29 is 14.0 Å². The summed E-state index contributed by atoms with van der Waals surface area (Å²) in [5, 5.41) is 2.73. The monoisotopic (exact) mass is 462 g/mol. The van der Waals surface area contributed by atoms with Crippen molar-refractivity contribution in [3.05, 3.63) is 95.3 Å². The molecule has 1 aliphatic heterocycles. The van der Waals surface area contributed by atoms with E-state index in [0.29, 0.717) is 22.7 Å². The van der Waals surface area contributed by atoms with Gasteiger partial charge in [0.2, 0.25) is 5.91 Å². The molecule has 1 fully saturated rings. The molecule has 6 heteroatoms. The van der Waals surface area contributed by atoms with Crippen LogP contribution in [-0.4, -0.2) is 17.6 Å². The average Bonchev–Trinajstić information content (AvgIpc) is 3.22. The molecule has 1 N–H and O–H groups in total. The van der Waals surface area contributed by atoms with Gasteiger partial charge >= 0.3 is 0 Å². The summed E-state index contributed by atoms with van der Waals surface area (Å²) < 4.78 is 13.3. The molecule has 0 radical (unpaired) electrons. The van der Waals surface area contributed by atoms with Gasteiger partial charge in [0.15, 0.2) is 0 Å². The highest BCUT2D eigenvalue weighted by Crippen LogP contribution is 2.42. The molecule has 33 heavy (non-hydrogen) atoms. The Morgan fingerprint density at radius 1 is 1.06 bits per heavy atom. The molecule has 3 aromatic carbocycles. The third-order valence-electron chi connectivity index (χ3n) is 5.69. The highest BCUT2D eigenvalue weighted by atomic mass is 32.2. The van der Waals surface area contributed by atoms with E-state index in [1.54, 1.807) is 17.0 Å². The number of anilines is 2. The molecule has 4 rings (SSSR count). The van der Waals surface area contributed by atoms with E-state index in [0.717, 1.165) is 18.4 Å². The number of nitrogens with zero attached hydrogens (tertiary/aromatic N) is 1. The largest absolute Gasteiger partial charge is 0.322 e. The topological polar surface area (TPSA) is 49.4 Å². The maximum absolute atomic E-state index is 13.3. The van der Waals surface area contributed by atoms with E-state index in [4.69, 9.17) is 0 Å². The molecular weight excluding hydrogens is 435 g/mol. The number of unbranched alkanes of at least 4 members (excludes halogenated alkanes) is 2. The van der Waals surface area contributed by atoms with Gasteiger partial charge in [-0.15, -0.1) is 11.8 Å². The lowest BCUT2D eigenvalue weighted by atomic mass is 10.0. The van der Waals surface area contributed by atoms with E-state index in [2.05, 4.69) is 12.2 Å². The zero-order valence-electron chi connectivity index (χ0n) is 18.6. The molecule has 0 unspecified atom stereocenters. The molecule has 1 heterocycles. The van der Waals surface area contributed by atoms with E-state index < -0.39 is 0 Å². The molecular formula is C27H27FN2O2S. The van der Waals surface area contributed by atoms with Crippen molar-refractivity contribution >= 4 is 35.0 Å². The van der Waals surface area contributed by atoms with Gasteiger partial charge in [0, 0.05) is 16.9 Å². The van der Waals surface area contributed by atoms with Gasteiger partial charge in [-0.25, -0.2) is 4.39 Å². The average molecular weight is 463 g/mol. The van der Waals surface area contributed by atoms with Crippen LogP contribution in [0.15, 0.2) is 72.8 Å². The van der Waals surface area contributed by atoms with Crippen molar-refractivity contribution in [1.29, 1.82) is 0 Å². The molecule has 1 saturated heterocycles. The van der Waals surface area contributed by atoms with Gasteiger partial charge in [0.1, 0.15) is 11.2 Å². The number of amides is 2. The van der Waals surface area contributed by atoms with E-state index in [9.17, 15) is 14.0 Å². The predicted octanol–water partition coefficient (Wildman–Crippen LogP) is 6.59. The number of hydrogen-bond acceptors (Lipinski definition) is 3. The third kappa shape index (κ3) is 5.63. The van der Waals surface area contributed by atoms with Crippen LogP contribution in [-0.2, 0) is 11.2 Å². The normalized spacial score (nSPS) is 15.6. The number of hydrogen-bond donors (Lipinski definition) is 1. The quantitative estimate of drug-likeness (QED) is 0.384. The van der Waals surface area contributed by atoms with Gasteiger partial charge < -0.3 is 5.32 Å². The van der Waals surface area contributed by atoms with Crippen molar-refractivity contribution in [2.24, 2.45) is 0 Å². The first-order valence-electron chi connectivity index (χ1n) is 11.2. The molecule has 0 aromatic heterocycles. The lowest BCUT2D eigenvalue weighted by Gasteiger charge is -2.24. The van der Waals surface area contributed by atoms with Crippen LogP contribution in [0.3, 0.4) is 0 Å². The Morgan fingerprint density at radius 2 is 1.82 bits per heavy atom.